The molecule has 26 heavy (non-hydrogen) atoms. The summed E-state index contributed by atoms with van der Waals surface area (Å²) in [5, 5.41) is 10.6. The number of benzene rings is 1. The van der Waals surface area contributed by atoms with Crippen molar-refractivity contribution in [3.05, 3.63) is 34.9 Å². The van der Waals surface area contributed by atoms with Gasteiger partial charge in [0.05, 0.1) is 0 Å². The highest BCUT2D eigenvalue weighted by molar-refractivity contribution is 6.30. The molecule has 3 aliphatic rings. The average Bonchev–Trinajstić information content (AvgIpc) is 3.18. The lowest BCUT2D eigenvalue weighted by atomic mass is 9.81. The number of carbonyl (C=O) groups is 2. The molecule has 0 spiro atoms. The van der Waals surface area contributed by atoms with E-state index >= 15 is 0 Å². The van der Waals surface area contributed by atoms with Crippen molar-refractivity contribution in [2.24, 2.45) is 11.3 Å². The molecular weight excluding hydrogens is 356 g/mol. The second kappa shape index (κ2) is 6.83. The fourth-order valence-electron chi connectivity index (χ4n) is 4.66. The van der Waals surface area contributed by atoms with Crippen molar-refractivity contribution in [2.75, 3.05) is 39.4 Å². The van der Waals surface area contributed by atoms with Crippen LogP contribution in [0.5, 0.6) is 0 Å². The molecule has 3 fully saturated rings. The summed E-state index contributed by atoms with van der Waals surface area (Å²) in [7, 11) is 0. The first kappa shape index (κ1) is 17.8. The summed E-state index contributed by atoms with van der Waals surface area (Å²) in [6.45, 7) is 3.51. The van der Waals surface area contributed by atoms with Gasteiger partial charge in [-0.05, 0) is 37.1 Å². The van der Waals surface area contributed by atoms with Crippen molar-refractivity contribution >= 4 is 23.5 Å². The van der Waals surface area contributed by atoms with Gasteiger partial charge in [0, 0.05) is 61.9 Å². The van der Waals surface area contributed by atoms with E-state index in [1.54, 1.807) is 29.2 Å². The Morgan fingerprint density at radius 1 is 1.12 bits per heavy atom. The van der Waals surface area contributed by atoms with Gasteiger partial charge >= 0.3 is 5.97 Å². The minimum atomic E-state index is -0.861. The number of carbonyl (C=O) groups excluding carboxylic acids is 1. The summed E-state index contributed by atoms with van der Waals surface area (Å²) in [6.07, 6.45) is 1.91. The van der Waals surface area contributed by atoms with Gasteiger partial charge in [0.1, 0.15) is 5.41 Å². The molecule has 0 bridgehead atoms. The second-order valence-corrected chi connectivity index (χ2v) is 8.06. The predicted octanol–water partition coefficient (Wildman–Crippen LogP) is 1.98. The highest BCUT2D eigenvalue weighted by Crippen LogP contribution is 2.44. The maximum Gasteiger partial charge on any atom is 0.313 e. The maximum atomic E-state index is 12.8. The summed E-state index contributed by atoms with van der Waals surface area (Å²) in [6, 6.07) is 7.16. The Balaban J connectivity index is 1.50. The fraction of sp³-hybridized carbons (Fsp3) is 0.579. The predicted molar refractivity (Wildman–Crippen MR) is 96.3 cm³/mol. The lowest BCUT2D eigenvalue weighted by Gasteiger charge is -2.33. The molecule has 4 rings (SSSR count). The zero-order valence-electron chi connectivity index (χ0n) is 14.6. The van der Waals surface area contributed by atoms with Gasteiger partial charge in [-0.15, -0.1) is 0 Å². The van der Waals surface area contributed by atoms with E-state index in [1.165, 1.54) is 0 Å². The Labute approximate surface area is 157 Å². The number of hydrogen-bond donors (Lipinski definition) is 1. The highest BCUT2D eigenvalue weighted by Gasteiger charge is 2.59. The number of aliphatic carboxylic acids is 1. The maximum absolute atomic E-state index is 12.8. The Morgan fingerprint density at radius 2 is 1.81 bits per heavy atom. The van der Waals surface area contributed by atoms with Crippen molar-refractivity contribution < 1.29 is 19.4 Å². The first-order chi connectivity index (χ1) is 12.5. The number of rotatable bonds is 3. The van der Waals surface area contributed by atoms with Crippen LogP contribution in [0.25, 0.3) is 0 Å². The summed E-state index contributed by atoms with van der Waals surface area (Å²) < 4.78 is 5.43. The Morgan fingerprint density at radius 3 is 2.42 bits per heavy atom. The first-order valence-corrected chi connectivity index (χ1v) is 9.47. The van der Waals surface area contributed by atoms with Gasteiger partial charge in [-0.3, -0.25) is 14.5 Å². The van der Waals surface area contributed by atoms with Gasteiger partial charge in [0.2, 0.25) is 0 Å². The zero-order valence-corrected chi connectivity index (χ0v) is 15.3. The number of carboxylic acids is 1. The van der Waals surface area contributed by atoms with Gasteiger partial charge in [0.15, 0.2) is 0 Å². The van der Waals surface area contributed by atoms with Crippen LogP contribution in [0, 0.1) is 11.3 Å². The number of hydrogen-bond acceptors (Lipinski definition) is 4. The number of likely N-dealkylation sites (tertiary alicyclic amines) is 2. The molecule has 1 aromatic carbocycles. The van der Waals surface area contributed by atoms with Crippen LogP contribution >= 0.6 is 11.6 Å². The summed E-state index contributed by atoms with van der Waals surface area (Å²) >= 11 is 5.89. The smallest absolute Gasteiger partial charge is 0.313 e. The van der Waals surface area contributed by atoms with Crippen LogP contribution in [-0.4, -0.2) is 72.2 Å². The summed E-state index contributed by atoms with van der Waals surface area (Å²) in [4.78, 5) is 29.0. The van der Waals surface area contributed by atoms with Crippen LogP contribution in [0.1, 0.15) is 23.2 Å². The molecule has 0 radical (unpaired) electrons. The number of fused-ring (bicyclic) bond motifs is 1. The van der Waals surface area contributed by atoms with E-state index in [0.717, 1.165) is 32.6 Å². The summed E-state index contributed by atoms with van der Waals surface area (Å²) in [5.41, 5.74) is -0.309. The highest BCUT2D eigenvalue weighted by atomic mass is 35.5. The molecule has 0 unspecified atom stereocenters. The molecule has 1 amide bonds. The van der Waals surface area contributed by atoms with Crippen LogP contribution in [0.4, 0.5) is 0 Å². The van der Waals surface area contributed by atoms with Gasteiger partial charge in [0.25, 0.3) is 5.91 Å². The van der Waals surface area contributed by atoms with E-state index < -0.39 is 11.4 Å². The average molecular weight is 379 g/mol. The molecule has 0 aliphatic carbocycles. The summed E-state index contributed by atoms with van der Waals surface area (Å²) in [5.74, 6) is -0.933. The third-order valence-corrected chi connectivity index (χ3v) is 6.40. The standard InChI is InChI=1S/C19H23ClN2O4/c20-15-3-1-13(2-4-15)17(23)22-10-14-9-21(16-5-7-26-8-6-16)11-19(14,12-22)18(24)25/h1-4,14,16H,5-12H2,(H,24,25)/t14-,19-/m1/s1. The normalized spacial score (nSPS) is 29.7. The second-order valence-electron chi connectivity index (χ2n) is 7.62. The molecule has 3 saturated heterocycles. The van der Waals surface area contributed by atoms with Crippen LogP contribution in [0.15, 0.2) is 24.3 Å². The van der Waals surface area contributed by atoms with Crippen molar-refractivity contribution in [1.29, 1.82) is 0 Å². The van der Waals surface area contributed by atoms with E-state index in [2.05, 4.69) is 4.90 Å². The number of amides is 1. The zero-order chi connectivity index (χ0) is 18.3. The lowest BCUT2D eigenvalue weighted by Crippen LogP contribution is -2.45. The monoisotopic (exact) mass is 378 g/mol. The van der Waals surface area contributed by atoms with Crippen LogP contribution in [0.3, 0.4) is 0 Å². The van der Waals surface area contributed by atoms with E-state index in [9.17, 15) is 14.7 Å². The molecule has 1 N–H and O–H groups in total. The molecule has 0 saturated carbocycles. The Hall–Kier alpha value is -1.63. The third kappa shape index (κ3) is 3.00. The fourth-order valence-corrected chi connectivity index (χ4v) is 4.79. The van der Waals surface area contributed by atoms with E-state index in [0.29, 0.717) is 29.7 Å². The molecule has 6 nitrogen and oxygen atoms in total. The Bertz CT molecular complexity index is 704. The van der Waals surface area contributed by atoms with Crippen LogP contribution in [-0.2, 0) is 9.53 Å². The number of ether oxygens (including phenoxy) is 1. The minimum Gasteiger partial charge on any atom is -0.481 e. The third-order valence-electron chi connectivity index (χ3n) is 6.15. The van der Waals surface area contributed by atoms with Crippen molar-refractivity contribution in [2.45, 2.75) is 18.9 Å². The van der Waals surface area contributed by atoms with Crippen molar-refractivity contribution in [3.8, 4) is 0 Å². The molecule has 1 aromatic rings. The molecule has 140 valence electrons. The number of carboxylic acid groups (broad SMARTS) is 1. The van der Waals surface area contributed by atoms with E-state index in [4.69, 9.17) is 16.3 Å². The first-order valence-electron chi connectivity index (χ1n) is 9.10. The van der Waals surface area contributed by atoms with Crippen molar-refractivity contribution in [3.63, 3.8) is 0 Å². The SMILES string of the molecule is O=C(c1ccc(Cl)cc1)N1C[C@H]2CN(C3CCOCC3)C[C@@]2(C(=O)O)C1. The largest absolute Gasteiger partial charge is 0.481 e. The molecular formula is C19H23ClN2O4. The van der Waals surface area contributed by atoms with Gasteiger partial charge in [-0.25, -0.2) is 0 Å². The van der Waals surface area contributed by atoms with Gasteiger partial charge in [-0.2, -0.15) is 0 Å². The molecule has 3 aliphatic heterocycles. The van der Waals surface area contributed by atoms with Gasteiger partial charge < -0.3 is 14.7 Å². The van der Waals surface area contributed by atoms with E-state index in [-0.39, 0.29) is 18.4 Å². The molecule has 2 atom stereocenters. The Kier molecular flexibility index (Phi) is 4.67. The van der Waals surface area contributed by atoms with Crippen LogP contribution in [0.2, 0.25) is 5.02 Å². The lowest BCUT2D eigenvalue weighted by molar-refractivity contribution is -0.148. The topological polar surface area (TPSA) is 70.1 Å². The van der Waals surface area contributed by atoms with E-state index in [1.807, 2.05) is 0 Å². The van der Waals surface area contributed by atoms with Crippen molar-refractivity contribution in [1.82, 2.24) is 9.80 Å². The van der Waals surface area contributed by atoms with Gasteiger partial charge in [-0.1, -0.05) is 11.6 Å². The minimum absolute atomic E-state index is 0.0286. The number of nitrogens with zero attached hydrogens (tertiary/aromatic N) is 2. The molecule has 0 aromatic heterocycles. The number of halogens is 1. The molecule has 7 heteroatoms. The van der Waals surface area contributed by atoms with Crippen LogP contribution < -0.4 is 0 Å². The quantitative estimate of drug-likeness (QED) is 0.870. The molecule has 3 heterocycles.